The Hall–Kier alpha value is -1.07. The molecule has 2 aliphatic rings. The van der Waals surface area contributed by atoms with Crippen LogP contribution in [-0.2, 0) is 6.42 Å². The fraction of sp³-hybridized carbons (Fsp3) is 0.583. The summed E-state index contributed by atoms with van der Waals surface area (Å²) in [5, 5.41) is 5.26. The molecule has 89 valence electrons. The second-order valence-electron chi connectivity index (χ2n) is 4.98. The van der Waals surface area contributed by atoms with Gasteiger partial charge in [-0.15, -0.1) is 0 Å². The zero-order valence-corrected chi connectivity index (χ0v) is 10.0. The molecule has 0 aliphatic carbocycles. The molecule has 0 aromatic carbocycles. The molecular formula is C12H18BN4. The molecule has 4 nitrogen and oxygen atoms in total. The highest BCUT2D eigenvalue weighted by Crippen LogP contribution is 2.20. The standard InChI is InChI=1S/C12H18BN4/c14-17-7-5-10(8-17)13-11-4-3-9-2-1-6-15-12(9)16-11/h3-4,10H,1-2,5-8,14H2,(H,15,16). The van der Waals surface area contributed by atoms with Gasteiger partial charge < -0.3 is 5.32 Å². The molecule has 0 amide bonds. The topological polar surface area (TPSA) is 54.2 Å². The molecular weight excluding hydrogens is 211 g/mol. The van der Waals surface area contributed by atoms with E-state index >= 15 is 0 Å². The van der Waals surface area contributed by atoms with Crippen LogP contribution in [0.5, 0.6) is 0 Å². The van der Waals surface area contributed by atoms with Crippen LogP contribution in [0.15, 0.2) is 12.1 Å². The molecule has 0 bridgehead atoms. The summed E-state index contributed by atoms with van der Waals surface area (Å²) in [6.07, 6.45) is 3.50. The van der Waals surface area contributed by atoms with E-state index in [2.05, 4.69) is 29.7 Å². The highest BCUT2D eigenvalue weighted by atomic mass is 15.4. The maximum absolute atomic E-state index is 5.77. The second-order valence-corrected chi connectivity index (χ2v) is 4.98. The molecule has 0 spiro atoms. The molecule has 1 radical (unpaired) electrons. The Morgan fingerprint density at radius 1 is 1.47 bits per heavy atom. The average molecular weight is 229 g/mol. The van der Waals surface area contributed by atoms with Crippen molar-refractivity contribution in [3.63, 3.8) is 0 Å². The quantitative estimate of drug-likeness (QED) is 0.559. The Bertz CT molecular complexity index is 409. The molecule has 1 saturated heterocycles. The Morgan fingerprint density at radius 2 is 2.41 bits per heavy atom. The summed E-state index contributed by atoms with van der Waals surface area (Å²) in [7, 11) is 2.25. The predicted molar refractivity (Wildman–Crippen MR) is 70.6 cm³/mol. The van der Waals surface area contributed by atoms with E-state index in [0.29, 0.717) is 5.82 Å². The van der Waals surface area contributed by atoms with E-state index in [1.54, 1.807) is 0 Å². The zero-order chi connectivity index (χ0) is 11.7. The molecule has 1 unspecified atom stereocenters. The van der Waals surface area contributed by atoms with E-state index in [9.17, 15) is 0 Å². The van der Waals surface area contributed by atoms with Gasteiger partial charge in [-0.3, -0.25) is 5.84 Å². The number of fused-ring (bicyclic) bond motifs is 1. The van der Waals surface area contributed by atoms with Gasteiger partial charge in [0.15, 0.2) is 7.28 Å². The van der Waals surface area contributed by atoms with Crippen molar-refractivity contribution in [1.82, 2.24) is 9.99 Å². The van der Waals surface area contributed by atoms with Gasteiger partial charge in [0, 0.05) is 19.6 Å². The number of hydrazine groups is 1. The van der Waals surface area contributed by atoms with Crippen molar-refractivity contribution in [3.05, 3.63) is 17.7 Å². The largest absolute Gasteiger partial charge is 0.370 e. The van der Waals surface area contributed by atoms with Crippen LogP contribution in [0.4, 0.5) is 5.82 Å². The van der Waals surface area contributed by atoms with Crippen LogP contribution in [0.1, 0.15) is 18.4 Å². The average Bonchev–Trinajstić information content (AvgIpc) is 2.75. The smallest absolute Gasteiger partial charge is 0.182 e. The van der Waals surface area contributed by atoms with E-state index in [4.69, 9.17) is 5.84 Å². The molecule has 3 heterocycles. The molecule has 17 heavy (non-hydrogen) atoms. The summed E-state index contributed by atoms with van der Waals surface area (Å²) in [5.74, 6) is 7.40. The minimum atomic E-state index is 0.550. The summed E-state index contributed by atoms with van der Waals surface area (Å²) < 4.78 is 0. The van der Waals surface area contributed by atoms with Crippen LogP contribution in [-0.4, -0.2) is 36.9 Å². The van der Waals surface area contributed by atoms with Crippen molar-refractivity contribution in [1.29, 1.82) is 0 Å². The van der Waals surface area contributed by atoms with E-state index in [-0.39, 0.29) is 0 Å². The lowest BCUT2D eigenvalue weighted by molar-refractivity contribution is 0.355. The normalized spacial score (nSPS) is 24.2. The van der Waals surface area contributed by atoms with Gasteiger partial charge in [0.1, 0.15) is 5.82 Å². The number of rotatable bonds is 2. The SMILES string of the molecule is NN1CCC([B]c2ccc3c(n2)NCCC3)C1. The van der Waals surface area contributed by atoms with Gasteiger partial charge >= 0.3 is 0 Å². The second kappa shape index (κ2) is 4.66. The van der Waals surface area contributed by atoms with Gasteiger partial charge in [0.2, 0.25) is 0 Å². The Labute approximate surface area is 103 Å². The van der Waals surface area contributed by atoms with Gasteiger partial charge in [-0.1, -0.05) is 12.1 Å². The number of aromatic nitrogens is 1. The van der Waals surface area contributed by atoms with Crippen molar-refractivity contribution in [2.24, 2.45) is 5.84 Å². The first-order valence-electron chi connectivity index (χ1n) is 6.39. The highest BCUT2D eigenvalue weighted by Gasteiger charge is 2.22. The molecule has 1 aromatic rings. The van der Waals surface area contributed by atoms with Crippen molar-refractivity contribution in [2.45, 2.75) is 25.1 Å². The summed E-state index contributed by atoms with van der Waals surface area (Å²) in [6, 6.07) is 4.33. The van der Waals surface area contributed by atoms with E-state index in [1.165, 1.54) is 12.0 Å². The van der Waals surface area contributed by atoms with Crippen molar-refractivity contribution >= 4 is 18.7 Å². The fourth-order valence-electron chi connectivity index (χ4n) is 2.63. The third-order valence-electron chi connectivity index (χ3n) is 3.58. The van der Waals surface area contributed by atoms with Crippen molar-refractivity contribution in [2.75, 3.05) is 25.0 Å². The third-order valence-corrected chi connectivity index (χ3v) is 3.58. The van der Waals surface area contributed by atoms with Gasteiger partial charge in [0.25, 0.3) is 0 Å². The summed E-state index contributed by atoms with van der Waals surface area (Å²) in [6.45, 7) is 2.99. The first kappa shape index (κ1) is 11.0. The molecule has 5 heteroatoms. The van der Waals surface area contributed by atoms with Gasteiger partial charge in [-0.2, -0.15) is 0 Å². The van der Waals surface area contributed by atoms with E-state index in [0.717, 1.165) is 43.9 Å². The van der Waals surface area contributed by atoms with Crippen molar-refractivity contribution < 1.29 is 0 Å². The van der Waals surface area contributed by atoms with Gasteiger partial charge in [0.05, 0.1) is 0 Å². The summed E-state index contributed by atoms with van der Waals surface area (Å²) in [5.41, 5.74) is 2.43. The summed E-state index contributed by atoms with van der Waals surface area (Å²) in [4.78, 5) is 4.68. The van der Waals surface area contributed by atoms with Crippen LogP contribution in [0.25, 0.3) is 0 Å². The number of nitrogens with two attached hydrogens (primary N) is 1. The van der Waals surface area contributed by atoms with E-state index < -0.39 is 0 Å². The third kappa shape index (κ3) is 2.45. The predicted octanol–water partition coefficient (Wildman–Crippen LogP) is 0.137. The highest BCUT2D eigenvalue weighted by molar-refractivity contribution is 6.54. The number of pyridine rings is 1. The van der Waals surface area contributed by atoms with Crippen LogP contribution < -0.4 is 16.8 Å². The number of nitrogens with one attached hydrogen (secondary N) is 1. The molecule has 1 atom stereocenters. The fourth-order valence-corrected chi connectivity index (χ4v) is 2.63. The zero-order valence-electron chi connectivity index (χ0n) is 10.0. The maximum Gasteiger partial charge on any atom is 0.182 e. The lowest BCUT2D eigenvalue weighted by Gasteiger charge is -2.18. The monoisotopic (exact) mass is 229 g/mol. The number of aryl methyl sites for hydroxylation is 1. The number of anilines is 1. The Morgan fingerprint density at radius 3 is 3.24 bits per heavy atom. The molecule has 0 saturated carbocycles. The molecule has 2 aliphatic heterocycles. The number of hydrogen-bond acceptors (Lipinski definition) is 4. The summed E-state index contributed by atoms with van der Waals surface area (Å²) >= 11 is 0. The van der Waals surface area contributed by atoms with Gasteiger partial charge in [-0.05, 0) is 36.2 Å². The number of nitrogens with zero attached hydrogens (tertiary/aromatic N) is 2. The molecule has 1 fully saturated rings. The molecule has 1 aromatic heterocycles. The minimum absolute atomic E-state index is 0.550. The minimum Gasteiger partial charge on any atom is -0.370 e. The first-order chi connectivity index (χ1) is 8.31. The van der Waals surface area contributed by atoms with E-state index in [1.807, 2.05) is 5.01 Å². The van der Waals surface area contributed by atoms with Crippen LogP contribution in [0, 0.1) is 0 Å². The lowest BCUT2D eigenvalue weighted by atomic mass is 9.61. The molecule has 3 rings (SSSR count). The van der Waals surface area contributed by atoms with Gasteiger partial charge in [-0.25, -0.2) is 9.99 Å². The van der Waals surface area contributed by atoms with Crippen molar-refractivity contribution in [3.8, 4) is 0 Å². The van der Waals surface area contributed by atoms with Crippen LogP contribution in [0.2, 0.25) is 5.82 Å². The Balaban J connectivity index is 1.71. The van der Waals surface area contributed by atoms with Crippen LogP contribution >= 0.6 is 0 Å². The number of hydrogen-bond donors (Lipinski definition) is 2. The first-order valence-corrected chi connectivity index (χ1v) is 6.39. The van der Waals surface area contributed by atoms with Crippen LogP contribution in [0.3, 0.4) is 0 Å². The Kier molecular flexibility index (Phi) is 3.03. The molecule has 3 N–H and O–H groups in total. The maximum atomic E-state index is 5.77. The lowest BCUT2D eigenvalue weighted by Crippen LogP contribution is -2.30.